The number of pyridine rings is 1. The lowest BCUT2D eigenvalue weighted by Gasteiger charge is -2.11. The van der Waals surface area contributed by atoms with Gasteiger partial charge in [0.05, 0.1) is 0 Å². The number of hydrogen-bond donors (Lipinski definition) is 0. The second-order valence-corrected chi connectivity index (χ2v) is 3.47. The highest BCUT2D eigenvalue weighted by Crippen LogP contribution is 2.21. The highest BCUT2D eigenvalue weighted by atomic mass is 16.6. The molecule has 0 unspecified atom stereocenters. The van der Waals surface area contributed by atoms with Crippen LogP contribution in [0.5, 0.6) is 5.75 Å². The van der Waals surface area contributed by atoms with Crippen molar-refractivity contribution in [1.82, 2.24) is 0 Å². The molecule has 0 amide bonds. The highest BCUT2D eigenvalue weighted by molar-refractivity contribution is 5.70. The first kappa shape index (κ1) is 13.0. The molecule has 0 N–H and O–H groups in total. The third-order valence-corrected chi connectivity index (χ3v) is 2.00. The number of carbonyl (C=O) groups is 2. The summed E-state index contributed by atoms with van der Waals surface area (Å²) >= 11 is 0. The van der Waals surface area contributed by atoms with Gasteiger partial charge >= 0.3 is 11.9 Å². The van der Waals surface area contributed by atoms with Gasteiger partial charge in [0.2, 0.25) is 5.75 Å². The van der Waals surface area contributed by atoms with Crippen LogP contribution in [-0.2, 0) is 20.9 Å². The average molecular weight is 239 g/mol. The zero-order valence-electron chi connectivity index (χ0n) is 9.85. The van der Waals surface area contributed by atoms with Gasteiger partial charge < -0.3 is 14.7 Å². The number of hydrogen-bond acceptors (Lipinski definition) is 5. The van der Waals surface area contributed by atoms with E-state index in [4.69, 9.17) is 9.47 Å². The first-order valence-corrected chi connectivity index (χ1v) is 4.95. The molecule has 0 atom stereocenters. The van der Waals surface area contributed by atoms with Gasteiger partial charge in [0.15, 0.2) is 12.8 Å². The zero-order chi connectivity index (χ0) is 13.0. The van der Waals surface area contributed by atoms with Gasteiger partial charge in [0.25, 0.3) is 5.69 Å². The Labute approximate surface area is 98.3 Å². The molecule has 1 aromatic heterocycles. The molecule has 0 aliphatic rings. The van der Waals surface area contributed by atoms with Gasteiger partial charge in [-0.3, -0.25) is 9.59 Å². The molecule has 0 saturated carbocycles. The minimum atomic E-state index is -0.539. The summed E-state index contributed by atoms with van der Waals surface area (Å²) in [4.78, 5) is 21.6. The summed E-state index contributed by atoms with van der Waals surface area (Å²) in [6, 6.07) is 1.52. The summed E-state index contributed by atoms with van der Waals surface area (Å²) in [7, 11) is 0. The molecule has 0 bridgehead atoms. The van der Waals surface area contributed by atoms with E-state index in [2.05, 4.69) is 0 Å². The fourth-order valence-electron chi connectivity index (χ4n) is 1.26. The minimum absolute atomic E-state index is 0.0930. The van der Waals surface area contributed by atoms with Crippen LogP contribution in [0.25, 0.3) is 0 Å². The van der Waals surface area contributed by atoms with Crippen molar-refractivity contribution < 1.29 is 23.8 Å². The number of ether oxygens (including phenoxy) is 2. The van der Waals surface area contributed by atoms with Gasteiger partial charge in [0.1, 0.15) is 0 Å². The van der Waals surface area contributed by atoms with E-state index in [0.29, 0.717) is 10.3 Å². The smallest absolute Gasteiger partial charge is 0.308 e. The van der Waals surface area contributed by atoms with Gasteiger partial charge in [0, 0.05) is 25.5 Å². The van der Waals surface area contributed by atoms with Gasteiger partial charge in [-0.25, -0.2) is 0 Å². The molecule has 0 saturated heterocycles. The van der Waals surface area contributed by atoms with Gasteiger partial charge in [-0.05, 0) is 6.92 Å². The van der Waals surface area contributed by atoms with Crippen LogP contribution in [0.1, 0.15) is 25.1 Å². The standard InChI is InChI=1S/C11H13NO5/c1-7-4-5-12(15)10(6-16-8(2)13)11(7)17-9(3)14/h4-5H,6H2,1-3H3. The second-order valence-electron chi connectivity index (χ2n) is 3.47. The molecule has 0 radical (unpaired) electrons. The third-order valence-electron chi connectivity index (χ3n) is 2.00. The molecule has 0 aliphatic carbocycles. The number of esters is 2. The molecule has 0 aliphatic heterocycles. The van der Waals surface area contributed by atoms with E-state index in [0.717, 1.165) is 0 Å². The summed E-state index contributed by atoms with van der Waals surface area (Å²) in [6.07, 6.45) is 1.27. The molecular formula is C11H13NO5. The molecule has 6 heteroatoms. The van der Waals surface area contributed by atoms with Crippen molar-refractivity contribution in [3.05, 3.63) is 28.7 Å². The van der Waals surface area contributed by atoms with E-state index < -0.39 is 11.9 Å². The highest BCUT2D eigenvalue weighted by Gasteiger charge is 2.19. The summed E-state index contributed by atoms with van der Waals surface area (Å²) in [5.41, 5.74) is 0.713. The lowest BCUT2D eigenvalue weighted by Crippen LogP contribution is -2.33. The Hall–Kier alpha value is -2.11. The van der Waals surface area contributed by atoms with Crippen molar-refractivity contribution >= 4 is 11.9 Å². The van der Waals surface area contributed by atoms with E-state index in [1.807, 2.05) is 0 Å². The van der Waals surface area contributed by atoms with Crippen molar-refractivity contribution in [1.29, 1.82) is 0 Å². The summed E-state index contributed by atoms with van der Waals surface area (Å²) in [5.74, 6) is -0.917. The zero-order valence-corrected chi connectivity index (χ0v) is 9.85. The average Bonchev–Trinajstić information content (AvgIpc) is 2.22. The third kappa shape index (κ3) is 3.44. The predicted octanol–water partition coefficient (Wildman–Crippen LogP) is 0.617. The Kier molecular flexibility index (Phi) is 4.03. The SMILES string of the molecule is CC(=O)OCc1c(OC(C)=O)c(C)cc[n+]1[O-]. The fraction of sp³-hybridized carbons (Fsp3) is 0.364. The van der Waals surface area contributed by atoms with Gasteiger partial charge in [-0.1, -0.05) is 0 Å². The van der Waals surface area contributed by atoms with Crippen molar-refractivity contribution in [2.75, 3.05) is 0 Å². The Morgan fingerprint density at radius 2 is 2.00 bits per heavy atom. The Bertz CT molecular complexity index is 455. The van der Waals surface area contributed by atoms with Gasteiger partial charge in [-0.2, -0.15) is 4.73 Å². The first-order valence-electron chi connectivity index (χ1n) is 4.95. The molecule has 0 fully saturated rings. The lowest BCUT2D eigenvalue weighted by atomic mass is 10.2. The number of nitrogens with zero attached hydrogens (tertiary/aromatic N) is 1. The van der Waals surface area contributed by atoms with Crippen LogP contribution in [0.3, 0.4) is 0 Å². The second kappa shape index (κ2) is 5.29. The van der Waals surface area contributed by atoms with Crippen molar-refractivity contribution in [3.8, 4) is 5.75 Å². The molecule has 0 aromatic carbocycles. The molecular weight excluding hydrogens is 226 g/mol. The van der Waals surface area contributed by atoms with Crippen LogP contribution >= 0.6 is 0 Å². The van der Waals surface area contributed by atoms with E-state index >= 15 is 0 Å². The molecule has 17 heavy (non-hydrogen) atoms. The summed E-state index contributed by atoms with van der Waals surface area (Å²) in [6.45, 7) is 3.92. The molecule has 1 heterocycles. The summed E-state index contributed by atoms with van der Waals surface area (Å²) < 4.78 is 10.2. The molecule has 0 spiro atoms. The Morgan fingerprint density at radius 3 is 2.53 bits per heavy atom. The molecule has 1 rings (SSSR count). The minimum Gasteiger partial charge on any atom is -0.618 e. The topological polar surface area (TPSA) is 79.5 Å². The Balaban J connectivity index is 3.10. The van der Waals surface area contributed by atoms with E-state index in [9.17, 15) is 14.8 Å². The lowest BCUT2D eigenvalue weighted by molar-refractivity contribution is -0.616. The maximum absolute atomic E-state index is 11.5. The largest absolute Gasteiger partial charge is 0.618 e. The van der Waals surface area contributed by atoms with E-state index in [-0.39, 0.29) is 18.1 Å². The molecule has 1 aromatic rings. The molecule has 6 nitrogen and oxygen atoms in total. The normalized spacial score (nSPS) is 9.82. The van der Waals surface area contributed by atoms with Crippen LogP contribution in [0.2, 0.25) is 0 Å². The van der Waals surface area contributed by atoms with Crippen LogP contribution in [0, 0.1) is 12.1 Å². The van der Waals surface area contributed by atoms with Crippen LogP contribution in [-0.4, -0.2) is 11.9 Å². The Morgan fingerprint density at radius 1 is 1.35 bits per heavy atom. The molecule has 92 valence electrons. The number of carbonyl (C=O) groups excluding carboxylic acids is 2. The van der Waals surface area contributed by atoms with E-state index in [1.165, 1.54) is 26.1 Å². The van der Waals surface area contributed by atoms with Crippen molar-refractivity contribution in [3.63, 3.8) is 0 Å². The number of aryl methyl sites for hydroxylation is 1. The van der Waals surface area contributed by atoms with E-state index in [1.54, 1.807) is 6.92 Å². The maximum Gasteiger partial charge on any atom is 0.308 e. The van der Waals surface area contributed by atoms with Crippen molar-refractivity contribution in [2.45, 2.75) is 27.4 Å². The predicted molar refractivity (Wildman–Crippen MR) is 56.9 cm³/mol. The monoisotopic (exact) mass is 239 g/mol. The quantitative estimate of drug-likeness (QED) is 0.439. The van der Waals surface area contributed by atoms with Crippen LogP contribution < -0.4 is 9.47 Å². The summed E-state index contributed by atoms with van der Waals surface area (Å²) in [5, 5.41) is 11.5. The number of rotatable bonds is 3. The first-order chi connectivity index (χ1) is 7.91. The van der Waals surface area contributed by atoms with Gasteiger partial charge in [-0.15, -0.1) is 0 Å². The number of aromatic nitrogens is 1. The van der Waals surface area contributed by atoms with Crippen molar-refractivity contribution in [2.24, 2.45) is 0 Å². The van der Waals surface area contributed by atoms with Crippen LogP contribution in [0.4, 0.5) is 0 Å². The van der Waals surface area contributed by atoms with Crippen LogP contribution in [0.15, 0.2) is 12.3 Å². The fourth-order valence-corrected chi connectivity index (χ4v) is 1.26. The maximum atomic E-state index is 11.5.